The molecular formula is C11H7FN2O3. The van der Waals surface area contributed by atoms with Crippen LogP contribution in [0.3, 0.4) is 0 Å². The standard InChI is InChI=1S/C11H7FN2O3/c12-8-2-1-3-9(5-8)14-10(15)4-7(6-13-14)11(16)17/h1-6H,(H,16,17). The van der Waals surface area contributed by atoms with E-state index < -0.39 is 17.3 Å². The molecule has 5 nitrogen and oxygen atoms in total. The third kappa shape index (κ3) is 2.20. The Morgan fingerprint density at radius 2 is 2.12 bits per heavy atom. The molecule has 0 atom stereocenters. The van der Waals surface area contributed by atoms with Crippen molar-refractivity contribution in [3.05, 3.63) is 58.3 Å². The van der Waals surface area contributed by atoms with Crippen LogP contribution in [0, 0.1) is 5.82 Å². The van der Waals surface area contributed by atoms with E-state index in [9.17, 15) is 14.0 Å². The first-order chi connectivity index (χ1) is 8.08. The smallest absolute Gasteiger partial charge is 0.337 e. The number of hydrogen-bond acceptors (Lipinski definition) is 3. The lowest BCUT2D eigenvalue weighted by Gasteiger charge is -2.03. The number of carbonyl (C=O) groups is 1. The molecule has 0 aliphatic carbocycles. The molecule has 0 bridgehead atoms. The van der Waals surface area contributed by atoms with Gasteiger partial charge in [0.2, 0.25) is 0 Å². The number of aromatic nitrogens is 2. The van der Waals surface area contributed by atoms with Gasteiger partial charge in [0.15, 0.2) is 0 Å². The van der Waals surface area contributed by atoms with E-state index in [1.54, 1.807) is 0 Å². The highest BCUT2D eigenvalue weighted by Crippen LogP contribution is 2.06. The minimum Gasteiger partial charge on any atom is -0.478 e. The second-order valence-electron chi connectivity index (χ2n) is 3.28. The SMILES string of the molecule is O=C(O)c1cnn(-c2cccc(F)c2)c(=O)c1. The zero-order chi connectivity index (χ0) is 12.4. The molecule has 0 amide bonds. The summed E-state index contributed by atoms with van der Waals surface area (Å²) in [6.07, 6.45) is 1.04. The molecule has 0 fully saturated rings. The van der Waals surface area contributed by atoms with E-state index >= 15 is 0 Å². The van der Waals surface area contributed by atoms with Crippen molar-refractivity contribution in [2.75, 3.05) is 0 Å². The second-order valence-corrected chi connectivity index (χ2v) is 3.28. The van der Waals surface area contributed by atoms with Crippen LogP contribution in [0.15, 0.2) is 41.3 Å². The van der Waals surface area contributed by atoms with Crippen molar-refractivity contribution in [1.29, 1.82) is 0 Å². The molecule has 1 N–H and O–H groups in total. The number of halogens is 1. The maximum absolute atomic E-state index is 13.0. The van der Waals surface area contributed by atoms with Crippen LogP contribution < -0.4 is 5.56 Å². The third-order valence-corrected chi connectivity index (χ3v) is 2.10. The molecule has 0 unspecified atom stereocenters. The molecule has 2 rings (SSSR count). The van der Waals surface area contributed by atoms with Gasteiger partial charge in [-0.3, -0.25) is 4.79 Å². The van der Waals surface area contributed by atoms with E-state index in [-0.39, 0.29) is 11.3 Å². The fourth-order valence-corrected chi connectivity index (χ4v) is 1.33. The molecule has 0 aliphatic rings. The molecule has 0 spiro atoms. The molecule has 1 aromatic heterocycles. The molecule has 17 heavy (non-hydrogen) atoms. The van der Waals surface area contributed by atoms with Crippen LogP contribution >= 0.6 is 0 Å². The third-order valence-electron chi connectivity index (χ3n) is 2.10. The van der Waals surface area contributed by atoms with Gasteiger partial charge in [0, 0.05) is 6.07 Å². The van der Waals surface area contributed by atoms with Gasteiger partial charge in [0.25, 0.3) is 5.56 Å². The van der Waals surface area contributed by atoms with Crippen molar-refractivity contribution in [1.82, 2.24) is 9.78 Å². The van der Waals surface area contributed by atoms with Gasteiger partial charge in [-0.15, -0.1) is 0 Å². The van der Waals surface area contributed by atoms with Gasteiger partial charge in [0.05, 0.1) is 17.4 Å². The van der Waals surface area contributed by atoms with Gasteiger partial charge in [-0.2, -0.15) is 9.78 Å². The molecule has 0 aliphatic heterocycles. The Morgan fingerprint density at radius 3 is 2.71 bits per heavy atom. The Hall–Kier alpha value is -2.50. The average molecular weight is 234 g/mol. The summed E-state index contributed by atoms with van der Waals surface area (Å²) in [6.45, 7) is 0. The van der Waals surface area contributed by atoms with Crippen LogP contribution in [0.4, 0.5) is 4.39 Å². The van der Waals surface area contributed by atoms with E-state index in [4.69, 9.17) is 5.11 Å². The van der Waals surface area contributed by atoms with E-state index in [0.717, 1.165) is 23.0 Å². The average Bonchev–Trinajstić information content (AvgIpc) is 2.28. The fraction of sp³-hybridized carbons (Fsp3) is 0. The van der Waals surface area contributed by atoms with Crippen LogP contribution in [-0.2, 0) is 0 Å². The summed E-state index contributed by atoms with van der Waals surface area (Å²) >= 11 is 0. The Balaban J connectivity index is 2.54. The van der Waals surface area contributed by atoms with E-state index in [1.807, 2.05) is 0 Å². The van der Waals surface area contributed by atoms with Crippen molar-refractivity contribution in [3.63, 3.8) is 0 Å². The Bertz CT molecular complexity index is 637. The highest BCUT2D eigenvalue weighted by molar-refractivity contribution is 5.86. The summed E-state index contributed by atoms with van der Waals surface area (Å²) in [5.74, 6) is -1.74. The molecular weight excluding hydrogens is 227 g/mol. The summed E-state index contributed by atoms with van der Waals surface area (Å²) in [6, 6.07) is 6.23. The highest BCUT2D eigenvalue weighted by atomic mass is 19.1. The van der Waals surface area contributed by atoms with Crippen LogP contribution in [0.2, 0.25) is 0 Å². The van der Waals surface area contributed by atoms with Gasteiger partial charge in [-0.1, -0.05) is 6.07 Å². The second kappa shape index (κ2) is 4.17. The van der Waals surface area contributed by atoms with Crippen molar-refractivity contribution < 1.29 is 14.3 Å². The summed E-state index contributed by atoms with van der Waals surface area (Å²) in [7, 11) is 0. The minimum atomic E-state index is -1.24. The number of rotatable bonds is 2. The zero-order valence-corrected chi connectivity index (χ0v) is 8.50. The summed E-state index contributed by atoms with van der Waals surface area (Å²) < 4.78 is 13.9. The molecule has 2 aromatic rings. The number of aromatic carboxylic acids is 1. The molecule has 86 valence electrons. The van der Waals surface area contributed by atoms with Crippen LogP contribution in [0.1, 0.15) is 10.4 Å². The van der Waals surface area contributed by atoms with Crippen molar-refractivity contribution in [3.8, 4) is 5.69 Å². The van der Waals surface area contributed by atoms with E-state index in [1.165, 1.54) is 18.2 Å². The summed E-state index contributed by atoms with van der Waals surface area (Å²) in [4.78, 5) is 22.2. The van der Waals surface area contributed by atoms with Crippen molar-refractivity contribution in [2.45, 2.75) is 0 Å². The van der Waals surface area contributed by atoms with Crippen LogP contribution in [0.5, 0.6) is 0 Å². The minimum absolute atomic E-state index is 0.206. The fourth-order valence-electron chi connectivity index (χ4n) is 1.33. The molecule has 1 heterocycles. The maximum Gasteiger partial charge on any atom is 0.337 e. The van der Waals surface area contributed by atoms with Crippen molar-refractivity contribution in [2.24, 2.45) is 0 Å². The first-order valence-corrected chi connectivity index (χ1v) is 4.66. The normalized spacial score (nSPS) is 10.2. The molecule has 1 aromatic carbocycles. The quantitative estimate of drug-likeness (QED) is 0.843. The van der Waals surface area contributed by atoms with E-state index in [2.05, 4.69) is 5.10 Å². The zero-order valence-electron chi connectivity index (χ0n) is 8.50. The number of benzene rings is 1. The topological polar surface area (TPSA) is 72.2 Å². The Labute approximate surface area is 94.8 Å². The highest BCUT2D eigenvalue weighted by Gasteiger charge is 2.07. The maximum atomic E-state index is 13.0. The van der Waals surface area contributed by atoms with Gasteiger partial charge in [-0.05, 0) is 18.2 Å². The summed E-state index contributed by atoms with van der Waals surface area (Å²) in [5.41, 5.74) is -0.593. The van der Waals surface area contributed by atoms with Crippen LogP contribution in [0.25, 0.3) is 5.69 Å². The van der Waals surface area contributed by atoms with Gasteiger partial charge < -0.3 is 5.11 Å². The monoisotopic (exact) mass is 234 g/mol. The van der Waals surface area contributed by atoms with Crippen molar-refractivity contribution >= 4 is 5.97 Å². The van der Waals surface area contributed by atoms with Gasteiger partial charge in [0.1, 0.15) is 5.82 Å². The lowest BCUT2D eigenvalue weighted by molar-refractivity contribution is 0.0696. The largest absolute Gasteiger partial charge is 0.478 e. The van der Waals surface area contributed by atoms with Gasteiger partial charge in [-0.25, -0.2) is 9.18 Å². The lowest BCUT2D eigenvalue weighted by Crippen LogP contribution is -2.22. The predicted octanol–water partition coefficient (Wildman–Crippen LogP) is 1.07. The summed E-state index contributed by atoms with van der Waals surface area (Å²) in [5, 5.41) is 12.3. The predicted molar refractivity (Wildman–Crippen MR) is 56.8 cm³/mol. The Kier molecular flexibility index (Phi) is 2.70. The Morgan fingerprint density at radius 1 is 1.35 bits per heavy atom. The first-order valence-electron chi connectivity index (χ1n) is 4.66. The lowest BCUT2D eigenvalue weighted by atomic mass is 10.3. The first kappa shape index (κ1) is 11.0. The molecule has 0 saturated carbocycles. The molecule has 6 heteroatoms. The number of hydrogen-bond donors (Lipinski definition) is 1. The molecule has 0 saturated heterocycles. The molecule has 0 radical (unpaired) electrons. The van der Waals surface area contributed by atoms with Gasteiger partial charge >= 0.3 is 5.97 Å². The number of carboxylic acids is 1. The van der Waals surface area contributed by atoms with Crippen LogP contribution in [-0.4, -0.2) is 20.9 Å². The number of carboxylic acid groups (broad SMARTS) is 1. The number of nitrogens with zero attached hydrogens (tertiary/aromatic N) is 2. The van der Waals surface area contributed by atoms with E-state index in [0.29, 0.717) is 0 Å².